The van der Waals surface area contributed by atoms with Crippen molar-refractivity contribution in [2.24, 2.45) is 30.7 Å². The van der Waals surface area contributed by atoms with E-state index in [0.29, 0.717) is 5.69 Å². The fraction of sp³-hybridized carbons (Fsp3) is 0.536. The first-order chi connectivity index (χ1) is 17.3. The second kappa shape index (κ2) is 9.70. The largest absolute Gasteiger partial charge is 0.466 e. The Morgan fingerprint density at radius 3 is 2.59 bits per heavy atom. The number of hydrogen-bond acceptors (Lipinski definition) is 8. The van der Waals surface area contributed by atoms with Gasteiger partial charge in [-0.15, -0.1) is 0 Å². The van der Waals surface area contributed by atoms with Crippen LogP contribution in [0.2, 0.25) is 0 Å². The zero-order valence-electron chi connectivity index (χ0n) is 22.1. The molecule has 2 aliphatic heterocycles. The van der Waals surface area contributed by atoms with E-state index in [1.807, 2.05) is 13.1 Å². The molecule has 200 valence electrons. The van der Waals surface area contributed by atoms with Gasteiger partial charge in [-0.05, 0) is 56.3 Å². The number of hydrogen-bond donors (Lipinski definition) is 2. The van der Waals surface area contributed by atoms with E-state index >= 15 is 0 Å². The molecule has 4 rings (SSSR count). The molecule has 2 bridgehead atoms. The summed E-state index contributed by atoms with van der Waals surface area (Å²) in [6.07, 6.45) is 13.9. The Hall–Kier alpha value is -3.01. The van der Waals surface area contributed by atoms with E-state index in [9.17, 15) is 19.8 Å². The molecule has 9 heteroatoms. The van der Waals surface area contributed by atoms with Crippen LogP contribution in [0.4, 0.5) is 0 Å². The third-order valence-corrected chi connectivity index (χ3v) is 7.73. The Labute approximate surface area is 217 Å². The second-order valence-electron chi connectivity index (χ2n) is 10.9. The van der Waals surface area contributed by atoms with Gasteiger partial charge < -0.3 is 29.0 Å². The van der Waals surface area contributed by atoms with Gasteiger partial charge in [0.1, 0.15) is 11.7 Å². The molecule has 1 aromatic rings. The van der Waals surface area contributed by atoms with Crippen molar-refractivity contribution >= 4 is 18.0 Å². The lowest BCUT2D eigenvalue weighted by molar-refractivity contribution is -0.218. The molecule has 3 heterocycles. The van der Waals surface area contributed by atoms with Crippen molar-refractivity contribution in [1.82, 2.24) is 9.55 Å². The molecule has 1 aromatic heterocycles. The summed E-state index contributed by atoms with van der Waals surface area (Å²) in [5.74, 6) is -4.16. The van der Waals surface area contributed by atoms with Crippen LogP contribution in [0.5, 0.6) is 0 Å². The molecule has 0 unspecified atom stereocenters. The predicted octanol–water partition coefficient (Wildman–Crippen LogP) is 2.71. The monoisotopic (exact) mass is 512 g/mol. The summed E-state index contributed by atoms with van der Waals surface area (Å²) in [6, 6.07) is 0. The van der Waals surface area contributed by atoms with Gasteiger partial charge in [-0.25, -0.2) is 14.6 Å². The third-order valence-electron chi connectivity index (χ3n) is 7.73. The van der Waals surface area contributed by atoms with E-state index in [0.717, 1.165) is 0 Å². The van der Waals surface area contributed by atoms with Gasteiger partial charge in [0.2, 0.25) is 5.79 Å². The van der Waals surface area contributed by atoms with Crippen molar-refractivity contribution in [1.29, 1.82) is 0 Å². The first-order valence-electron chi connectivity index (χ1n) is 12.5. The van der Waals surface area contributed by atoms with Crippen LogP contribution in [0.1, 0.15) is 39.8 Å². The van der Waals surface area contributed by atoms with Crippen LogP contribution in [0.15, 0.2) is 54.6 Å². The molecule has 7 atom stereocenters. The molecule has 9 nitrogen and oxygen atoms in total. The molecule has 2 N–H and O–H groups in total. The minimum Gasteiger partial charge on any atom is -0.466 e. The van der Waals surface area contributed by atoms with Gasteiger partial charge in [0.25, 0.3) is 0 Å². The number of aliphatic hydroxyl groups is 2. The Balaban J connectivity index is 1.77. The number of esters is 2. The molecule has 3 aliphatic rings. The summed E-state index contributed by atoms with van der Waals surface area (Å²) in [7, 11) is 3.07. The topological polar surface area (TPSA) is 120 Å². The third kappa shape index (κ3) is 5.21. The average molecular weight is 513 g/mol. The highest BCUT2D eigenvalue weighted by Gasteiger charge is 2.55. The lowest BCUT2D eigenvalue weighted by Gasteiger charge is -2.45. The number of rotatable bonds is 5. The molecule has 37 heavy (non-hydrogen) atoms. The van der Waals surface area contributed by atoms with Crippen molar-refractivity contribution < 1.29 is 34.0 Å². The number of imidazole rings is 1. The number of nitrogens with zero attached hydrogens (tertiary/aromatic N) is 2. The van der Waals surface area contributed by atoms with E-state index in [4.69, 9.17) is 14.2 Å². The fourth-order valence-electron chi connectivity index (χ4n) is 5.62. The Morgan fingerprint density at radius 1 is 1.24 bits per heavy atom. The number of aryl methyl sites for hydroxylation is 1. The van der Waals surface area contributed by atoms with E-state index in [1.54, 1.807) is 55.2 Å². The van der Waals surface area contributed by atoms with Gasteiger partial charge in [0, 0.05) is 25.2 Å². The molecule has 0 saturated heterocycles. The van der Waals surface area contributed by atoms with E-state index < -0.39 is 40.9 Å². The zero-order chi connectivity index (χ0) is 27.2. The summed E-state index contributed by atoms with van der Waals surface area (Å²) < 4.78 is 18.8. The van der Waals surface area contributed by atoms with Crippen LogP contribution in [-0.2, 0) is 30.8 Å². The standard InChI is InChI=1S/C28H36N2O7/c1-17(2)19-9-10-26(3,33)21-14-23(36-24(31)8-7-18-15-30(5)16-29-18)27(4)11-12-28(34,37-27)22(13-20(19)21)25(32)35-6/h7-13,15-17,19-21,23,33-34H,14H2,1-6H3/b8-7+,22-13-/t19-,20-,21-,23+,26+,27+,28-/m0/s1. The van der Waals surface area contributed by atoms with Crippen LogP contribution in [0.25, 0.3) is 6.08 Å². The minimum atomic E-state index is -2.08. The molecular formula is C28H36N2O7. The smallest absolute Gasteiger partial charge is 0.339 e. The quantitative estimate of drug-likeness (QED) is 0.351. The van der Waals surface area contributed by atoms with Crippen LogP contribution in [-0.4, -0.2) is 61.9 Å². The van der Waals surface area contributed by atoms with Gasteiger partial charge in [-0.2, -0.15) is 0 Å². The van der Waals surface area contributed by atoms with Crippen LogP contribution in [0, 0.1) is 23.7 Å². The van der Waals surface area contributed by atoms with Crippen LogP contribution < -0.4 is 0 Å². The molecule has 0 fully saturated rings. The van der Waals surface area contributed by atoms with Gasteiger partial charge in [-0.1, -0.05) is 32.1 Å². The van der Waals surface area contributed by atoms with Crippen LogP contribution in [0.3, 0.4) is 0 Å². The highest BCUT2D eigenvalue weighted by Crippen LogP contribution is 2.49. The second-order valence-corrected chi connectivity index (χ2v) is 10.9. The first-order valence-corrected chi connectivity index (χ1v) is 12.5. The summed E-state index contributed by atoms with van der Waals surface area (Å²) in [5, 5.41) is 23.0. The molecular weight excluding hydrogens is 476 g/mol. The van der Waals surface area contributed by atoms with Gasteiger partial charge in [0.15, 0.2) is 0 Å². The van der Waals surface area contributed by atoms with Crippen molar-refractivity contribution in [3.05, 3.63) is 60.2 Å². The Bertz CT molecular complexity index is 1180. The predicted molar refractivity (Wildman–Crippen MR) is 135 cm³/mol. The molecule has 1 aliphatic carbocycles. The average Bonchev–Trinajstić information content (AvgIpc) is 3.39. The maximum atomic E-state index is 12.9. The van der Waals surface area contributed by atoms with E-state index in [2.05, 4.69) is 18.8 Å². The molecule has 0 aromatic carbocycles. The highest BCUT2D eigenvalue weighted by atomic mass is 16.7. The van der Waals surface area contributed by atoms with Crippen molar-refractivity contribution in [3.63, 3.8) is 0 Å². The lowest BCUT2D eigenvalue weighted by atomic mass is 9.62. The fourth-order valence-corrected chi connectivity index (χ4v) is 5.62. The summed E-state index contributed by atoms with van der Waals surface area (Å²) >= 11 is 0. The highest BCUT2D eigenvalue weighted by molar-refractivity contribution is 5.91. The van der Waals surface area contributed by atoms with Crippen LogP contribution >= 0.6 is 0 Å². The van der Waals surface area contributed by atoms with Crippen molar-refractivity contribution in [3.8, 4) is 0 Å². The van der Waals surface area contributed by atoms with E-state index in [-0.39, 0.29) is 29.7 Å². The van der Waals surface area contributed by atoms with E-state index in [1.165, 1.54) is 19.3 Å². The summed E-state index contributed by atoms with van der Waals surface area (Å²) in [6.45, 7) is 7.50. The lowest BCUT2D eigenvalue weighted by Crippen LogP contribution is -2.50. The Kier molecular flexibility index (Phi) is 7.09. The Morgan fingerprint density at radius 2 is 1.97 bits per heavy atom. The summed E-state index contributed by atoms with van der Waals surface area (Å²) in [4.78, 5) is 30.0. The number of fused-ring (bicyclic) bond motifs is 3. The molecule has 0 amide bonds. The number of allylic oxidation sites excluding steroid dienone is 2. The normalized spacial score (nSPS) is 38.5. The van der Waals surface area contributed by atoms with Gasteiger partial charge in [-0.3, -0.25) is 0 Å². The number of carbonyl (C=O) groups is 2. The SMILES string of the molecule is COC(=O)/C1=C/[C@H]2[C@H](C(C)C)C=C[C@@](C)(O)[C@H]2C[C@@H](OC(=O)/C=C/c2cn(C)cn2)[C@@]2(C)C=C[C@]1(O)O2. The minimum absolute atomic E-state index is 0.0534. The maximum Gasteiger partial charge on any atom is 0.339 e. The number of methoxy groups -OCH3 is 1. The van der Waals surface area contributed by atoms with Gasteiger partial charge >= 0.3 is 11.9 Å². The number of carbonyl (C=O) groups excluding carboxylic acids is 2. The van der Waals surface area contributed by atoms with Crippen molar-refractivity contribution in [2.45, 2.75) is 57.2 Å². The maximum absolute atomic E-state index is 12.9. The molecule has 0 radical (unpaired) electrons. The number of ether oxygens (including phenoxy) is 3. The molecule has 0 saturated carbocycles. The number of aromatic nitrogens is 2. The zero-order valence-corrected chi connectivity index (χ0v) is 22.1. The van der Waals surface area contributed by atoms with Crippen molar-refractivity contribution in [2.75, 3.05) is 7.11 Å². The molecule has 0 spiro atoms. The summed E-state index contributed by atoms with van der Waals surface area (Å²) in [5.41, 5.74) is -2.02. The van der Waals surface area contributed by atoms with Gasteiger partial charge in [0.05, 0.1) is 30.3 Å². The first kappa shape index (κ1) is 27.0.